The highest BCUT2D eigenvalue weighted by Gasteiger charge is 2.23. The number of nitro benzene ring substituents is 1. The number of hydrogen-bond acceptors (Lipinski definition) is 8. The number of nitrogens with zero attached hydrogens (tertiary/aromatic N) is 6. The van der Waals surface area contributed by atoms with Crippen molar-refractivity contribution in [2.75, 3.05) is 38.1 Å². The maximum absolute atomic E-state index is 10.9. The monoisotopic (exact) mass is 425 g/mol. The predicted octanol–water partition coefficient (Wildman–Crippen LogP) is 0.603. The average Bonchev–Trinajstić information content (AvgIpc) is 3.10. The van der Waals surface area contributed by atoms with Gasteiger partial charge in [-0.2, -0.15) is 4.98 Å². The van der Waals surface area contributed by atoms with E-state index in [0.29, 0.717) is 12.0 Å². The summed E-state index contributed by atoms with van der Waals surface area (Å²) < 4.78 is 2.13. The normalized spacial score (nSPS) is 18.0. The first-order valence-corrected chi connectivity index (χ1v) is 10.6. The summed E-state index contributed by atoms with van der Waals surface area (Å²) >= 11 is 1.53. The summed E-state index contributed by atoms with van der Waals surface area (Å²) in [7, 11) is 1.98. The summed E-state index contributed by atoms with van der Waals surface area (Å²) in [5, 5.41) is 15.2. The molecule has 1 aromatic carbocycles. The van der Waals surface area contributed by atoms with Crippen LogP contribution in [0.1, 0.15) is 6.92 Å². The number of hydrogen-bond donors (Lipinski definition) is 1. The molecule has 0 amide bonds. The molecule has 0 saturated carbocycles. The van der Waals surface area contributed by atoms with Crippen LogP contribution in [0.5, 0.6) is 0 Å². The van der Waals surface area contributed by atoms with Crippen molar-refractivity contribution in [2.45, 2.75) is 23.9 Å². The Morgan fingerprint density at radius 3 is 2.70 bits per heavy atom. The number of aromatic nitrogens is 2. The quantitative estimate of drug-likeness (QED) is 0.426. The Kier molecular flexibility index (Phi) is 5.92. The Balaban J connectivity index is 1.67. The predicted molar refractivity (Wildman–Crippen MR) is 117 cm³/mol. The maximum atomic E-state index is 10.9. The van der Waals surface area contributed by atoms with Crippen LogP contribution in [0, 0.1) is 22.0 Å². The van der Waals surface area contributed by atoms with Gasteiger partial charge in [0, 0.05) is 56.5 Å². The van der Waals surface area contributed by atoms with Crippen LogP contribution in [0.2, 0.25) is 0 Å². The highest BCUT2D eigenvalue weighted by Crippen LogP contribution is 2.28. The second-order valence-electron chi connectivity index (χ2n) is 6.99. The minimum atomic E-state index is -0.394. The lowest BCUT2D eigenvalue weighted by Gasteiger charge is -2.28. The lowest BCUT2D eigenvalue weighted by atomic mass is 10.3. The fourth-order valence-corrected chi connectivity index (χ4v) is 4.33. The van der Waals surface area contributed by atoms with Gasteiger partial charge in [0.1, 0.15) is 5.35 Å². The van der Waals surface area contributed by atoms with Gasteiger partial charge in [-0.05, 0) is 19.1 Å². The van der Waals surface area contributed by atoms with Gasteiger partial charge in [0.2, 0.25) is 5.95 Å². The number of piperazine rings is 1. The van der Waals surface area contributed by atoms with E-state index >= 15 is 0 Å². The molecule has 3 heterocycles. The van der Waals surface area contributed by atoms with Gasteiger partial charge in [-0.1, -0.05) is 17.7 Å². The number of imidazole rings is 1. The first-order valence-electron chi connectivity index (χ1n) is 9.71. The van der Waals surface area contributed by atoms with E-state index in [4.69, 9.17) is 9.98 Å². The molecule has 2 aliphatic rings. The van der Waals surface area contributed by atoms with E-state index in [-0.39, 0.29) is 11.2 Å². The molecule has 0 radical (unpaired) electrons. The number of nitro groups is 1. The largest absolute Gasteiger partial charge is 0.348 e. The van der Waals surface area contributed by atoms with Crippen molar-refractivity contribution < 1.29 is 4.92 Å². The van der Waals surface area contributed by atoms with Gasteiger partial charge in [-0.15, -0.1) is 5.92 Å². The van der Waals surface area contributed by atoms with Crippen LogP contribution in [-0.2, 0) is 6.54 Å². The number of anilines is 1. The van der Waals surface area contributed by atoms with E-state index in [0.717, 1.165) is 42.4 Å². The molecule has 1 N–H and O–H groups in total. The molecule has 0 spiro atoms. The molecule has 0 aliphatic carbocycles. The van der Waals surface area contributed by atoms with Crippen LogP contribution >= 0.6 is 11.8 Å². The van der Waals surface area contributed by atoms with Crippen LogP contribution < -0.4 is 21.1 Å². The van der Waals surface area contributed by atoms with Crippen LogP contribution in [0.4, 0.5) is 11.6 Å². The fourth-order valence-electron chi connectivity index (χ4n) is 3.41. The summed E-state index contributed by atoms with van der Waals surface area (Å²) in [6, 6.07) is 6.54. The molecular weight excluding hydrogens is 402 g/mol. The zero-order chi connectivity index (χ0) is 21.1. The Morgan fingerprint density at radius 2 is 2.03 bits per heavy atom. The molecular formula is C20H23N7O2S. The van der Waals surface area contributed by atoms with E-state index in [1.165, 1.54) is 23.9 Å². The molecule has 1 atom stereocenters. The number of benzene rings is 1. The summed E-state index contributed by atoms with van der Waals surface area (Å²) in [5.41, 5.74) is 0.591. The van der Waals surface area contributed by atoms with E-state index in [2.05, 4.69) is 32.8 Å². The molecule has 156 valence electrons. The van der Waals surface area contributed by atoms with Crippen molar-refractivity contribution in [2.24, 2.45) is 4.99 Å². The lowest BCUT2D eigenvalue weighted by Crippen LogP contribution is -2.45. The Labute approximate surface area is 178 Å². The lowest BCUT2D eigenvalue weighted by molar-refractivity contribution is -0.384. The molecule has 0 bridgehead atoms. The van der Waals surface area contributed by atoms with Crippen LogP contribution in [-0.4, -0.2) is 58.1 Å². The fraction of sp³-hybridized carbons (Fsp3) is 0.400. The van der Waals surface area contributed by atoms with Gasteiger partial charge in [0.25, 0.3) is 5.69 Å². The van der Waals surface area contributed by atoms with Gasteiger partial charge < -0.3 is 15.1 Å². The van der Waals surface area contributed by atoms with Crippen molar-refractivity contribution in [1.82, 2.24) is 19.8 Å². The summed E-state index contributed by atoms with van der Waals surface area (Å²) in [4.78, 5) is 25.4. The molecule has 2 aliphatic heterocycles. The third kappa shape index (κ3) is 4.13. The first-order chi connectivity index (χ1) is 14.6. The molecule has 1 fully saturated rings. The standard InChI is InChI=1S/C20H23N7O2S/c1-3-4-11-26-17-14-24(2)20(30-16-7-5-15(6-8-16)27(28)29)23-18(17)22-19(26)25-12-9-21-10-13-25/h5-8,14,20-21H,9-13H2,1-2H3. The third-order valence-corrected chi connectivity index (χ3v) is 6.17. The number of fused-ring (bicyclic) bond motifs is 1. The molecule has 9 nitrogen and oxygen atoms in total. The zero-order valence-corrected chi connectivity index (χ0v) is 17.7. The van der Waals surface area contributed by atoms with E-state index in [1.54, 1.807) is 12.1 Å². The second-order valence-corrected chi connectivity index (χ2v) is 8.12. The highest BCUT2D eigenvalue weighted by molar-refractivity contribution is 7.99. The Hall–Kier alpha value is -3.03. The molecule has 1 unspecified atom stereocenters. The number of nitrogens with one attached hydrogen (secondary N) is 1. The first kappa shape index (κ1) is 20.3. The van der Waals surface area contributed by atoms with Gasteiger partial charge in [-0.3, -0.25) is 14.7 Å². The van der Waals surface area contributed by atoms with Crippen LogP contribution in [0.3, 0.4) is 0 Å². The third-order valence-electron chi connectivity index (χ3n) is 4.98. The van der Waals surface area contributed by atoms with Crippen molar-refractivity contribution in [3.63, 3.8) is 0 Å². The summed E-state index contributed by atoms with van der Waals surface area (Å²) in [6.07, 6.45) is 2.06. The topological polar surface area (TPSA) is 91.8 Å². The molecule has 10 heteroatoms. The molecule has 1 saturated heterocycles. The zero-order valence-electron chi connectivity index (χ0n) is 16.9. The van der Waals surface area contributed by atoms with Crippen molar-refractivity contribution in [3.8, 4) is 11.8 Å². The van der Waals surface area contributed by atoms with Gasteiger partial charge in [0.05, 0.1) is 11.5 Å². The van der Waals surface area contributed by atoms with E-state index in [9.17, 15) is 10.1 Å². The van der Waals surface area contributed by atoms with Crippen molar-refractivity contribution >= 4 is 29.6 Å². The molecule has 1 aromatic heterocycles. The summed E-state index contributed by atoms with van der Waals surface area (Å²) in [6.45, 7) is 6.05. The smallest absolute Gasteiger partial charge is 0.269 e. The van der Waals surface area contributed by atoms with Crippen molar-refractivity contribution in [1.29, 1.82) is 0 Å². The Morgan fingerprint density at radius 1 is 1.30 bits per heavy atom. The molecule has 4 rings (SSSR count). The highest BCUT2D eigenvalue weighted by atomic mass is 32.2. The van der Waals surface area contributed by atoms with E-state index < -0.39 is 4.92 Å². The van der Waals surface area contributed by atoms with Crippen LogP contribution in [0.15, 0.2) is 34.2 Å². The van der Waals surface area contributed by atoms with E-state index in [1.807, 2.05) is 18.9 Å². The molecule has 30 heavy (non-hydrogen) atoms. The number of rotatable bonds is 5. The number of non-ortho nitro benzene ring substituents is 1. The molecule has 2 aromatic rings. The second kappa shape index (κ2) is 8.77. The van der Waals surface area contributed by atoms with Gasteiger partial charge in [0.15, 0.2) is 11.0 Å². The Bertz CT molecular complexity index is 1110. The van der Waals surface area contributed by atoms with Gasteiger partial charge >= 0.3 is 0 Å². The average molecular weight is 426 g/mol. The summed E-state index contributed by atoms with van der Waals surface area (Å²) in [5.74, 6) is 7.02. The van der Waals surface area contributed by atoms with Crippen molar-refractivity contribution in [3.05, 3.63) is 45.2 Å². The SMILES string of the molecule is CC#CCn1c(N2CCNCC2)nc2c1=CN(C)C(Sc1ccc([N+](=O)[O-])cc1)N=2. The maximum Gasteiger partial charge on any atom is 0.269 e. The van der Waals surface area contributed by atoms with Crippen LogP contribution in [0.25, 0.3) is 6.20 Å². The number of thioether (sulfide) groups is 1. The minimum Gasteiger partial charge on any atom is -0.348 e. The minimum absolute atomic E-state index is 0.0820. The van der Waals surface area contributed by atoms with Gasteiger partial charge in [-0.25, -0.2) is 4.99 Å².